The number of ether oxygens (including phenoxy) is 10. The van der Waals surface area contributed by atoms with Crippen molar-refractivity contribution in [2.24, 2.45) is 0 Å². The lowest BCUT2D eigenvalue weighted by molar-refractivity contribution is -0.0321. The van der Waals surface area contributed by atoms with Gasteiger partial charge in [-0.3, -0.25) is 0 Å². The number of piperidine rings is 1. The van der Waals surface area contributed by atoms with Crippen LogP contribution in [0.3, 0.4) is 0 Å². The summed E-state index contributed by atoms with van der Waals surface area (Å²) in [6.45, 7) is 15.4. The van der Waals surface area contributed by atoms with Crippen molar-refractivity contribution >= 4 is 0 Å². The van der Waals surface area contributed by atoms with Crippen LogP contribution in [0.25, 0.3) is 0 Å². The fourth-order valence-corrected chi connectivity index (χ4v) is 5.50. The molecule has 1 aliphatic heterocycles. The van der Waals surface area contributed by atoms with Gasteiger partial charge in [0.1, 0.15) is 0 Å². The molecule has 1 N–H and O–H groups in total. The Balaban J connectivity index is 1.59. The van der Waals surface area contributed by atoms with Crippen LogP contribution in [0.1, 0.15) is 110 Å². The summed E-state index contributed by atoms with van der Waals surface area (Å²) in [5, 5.41) is 3.33. The Labute approximate surface area is 306 Å². The van der Waals surface area contributed by atoms with Gasteiger partial charge in [0.2, 0.25) is 0 Å². The minimum atomic E-state index is 0.377. The molecule has 0 saturated carbocycles. The molecule has 0 unspecified atom stereocenters. The van der Waals surface area contributed by atoms with E-state index >= 15 is 0 Å². The Hall–Kier alpha value is -0.440. The van der Waals surface area contributed by atoms with Crippen LogP contribution in [0.15, 0.2) is 0 Å². The Bertz CT molecular complexity index is 615. The second kappa shape index (κ2) is 43.0. The predicted molar refractivity (Wildman–Crippen MR) is 200 cm³/mol. The zero-order chi connectivity index (χ0) is 35.5. The van der Waals surface area contributed by atoms with Gasteiger partial charge >= 0.3 is 0 Å². The van der Waals surface area contributed by atoms with E-state index in [4.69, 9.17) is 47.4 Å². The van der Waals surface area contributed by atoms with Gasteiger partial charge in [-0.2, -0.15) is 0 Å². The van der Waals surface area contributed by atoms with Gasteiger partial charge in [0, 0.05) is 6.61 Å². The van der Waals surface area contributed by atoms with Gasteiger partial charge in [-0.15, -0.1) is 0 Å². The molecule has 0 spiro atoms. The van der Waals surface area contributed by atoms with E-state index in [0.717, 1.165) is 39.0 Å². The SMILES string of the molecule is CCCCCCCCCCCCCCCCOCCOCCOCCOCCOCCOCCOCCOCCOCCOC1CCNCC1. The molecular formula is C39H79NO10. The monoisotopic (exact) mass is 722 g/mol. The minimum Gasteiger partial charge on any atom is -0.379 e. The highest BCUT2D eigenvalue weighted by atomic mass is 16.6. The molecule has 11 heteroatoms. The van der Waals surface area contributed by atoms with Gasteiger partial charge in [-0.1, -0.05) is 90.4 Å². The number of hydrogen-bond donors (Lipinski definition) is 1. The third-order valence-corrected chi connectivity index (χ3v) is 8.49. The van der Waals surface area contributed by atoms with Gasteiger partial charge in [0.25, 0.3) is 0 Å². The van der Waals surface area contributed by atoms with Crippen molar-refractivity contribution in [3.05, 3.63) is 0 Å². The van der Waals surface area contributed by atoms with Crippen LogP contribution in [-0.2, 0) is 47.4 Å². The first-order chi connectivity index (χ1) is 24.9. The number of rotatable bonds is 43. The maximum Gasteiger partial charge on any atom is 0.0704 e. The topological polar surface area (TPSA) is 104 Å². The minimum absolute atomic E-state index is 0.377. The molecule has 0 aromatic carbocycles. The summed E-state index contributed by atoms with van der Waals surface area (Å²) >= 11 is 0. The lowest BCUT2D eigenvalue weighted by Gasteiger charge is -2.22. The summed E-state index contributed by atoms with van der Waals surface area (Å²) in [6.07, 6.45) is 21.8. The highest BCUT2D eigenvalue weighted by Crippen LogP contribution is 2.13. The van der Waals surface area contributed by atoms with Crippen LogP contribution < -0.4 is 5.32 Å². The molecule has 0 bridgehead atoms. The molecule has 0 amide bonds. The first-order valence-corrected chi connectivity index (χ1v) is 20.5. The first-order valence-electron chi connectivity index (χ1n) is 20.5. The number of unbranched alkanes of at least 4 members (excludes halogenated alkanes) is 13. The second-order valence-electron chi connectivity index (χ2n) is 12.9. The van der Waals surface area contributed by atoms with Crippen LogP contribution in [0, 0.1) is 0 Å². The lowest BCUT2D eigenvalue weighted by atomic mass is 10.0. The third kappa shape index (κ3) is 38.8. The molecule has 1 fully saturated rings. The van der Waals surface area contributed by atoms with Crippen molar-refractivity contribution in [2.75, 3.05) is 139 Å². The van der Waals surface area contributed by atoms with E-state index in [2.05, 4.69) is 12.2 Å². The molecule has 1 rings (SSSR count). The van der Waals surface area contributed by atoms with Crippen LogP contribution in [-0.4, -0.2) is 145 Å². The van der Waals surface area contributed by atoms with E-state index < -0.39 is 0 Å². The number of hydrogen-bond acceptors (Lipinski definition) is 11. The van der Waals surface area contributed by atoms with Crippen LogP contribution in [0.4, 0.5) is 0 Å². The molecule has 50 heavy (non-hydrogen) atoms. The quantitative estimate of drug-likeness (QED) is 0.0709. The lowest BCUT2D eigenvalue weighted by Crippen LogP contribution is -2.33. The molecule has 0 atom stereocenters. The van der Waals surface area contributed by atoms with Gasteiger partial charge < -0.3 is 52.7 Å². The summed E-state index contributed by atoms with van der Waals surface area (Å²) in [4.78, 5) is 0. The molecule has 300 valence electrons. The standard InChI is InChI=1S/C39H79NO10/c1-2-3-4-5-6-7-8-9-10-11-12-13-14-15-20-41-21-22-42-23-24-43-25-26-44-27-28-45-29-30-46-31-32-47-33-34-48-35-36-49-37-38-50-39-16-18-40-19-17-39/h39-40H,2-38H2,1H3. The predicted octanol–water partition coefficient (Wildman–Crippen LogP) is 6.39. The molecule has 0 aliphatic carbocycles. The van der Waals surface area contributed by atoms with E-state index in [1.165, 1.54) is 83.5 Å². The van der Waals surface area contributed by atoms with Crippen molar-refractivity contribution in [1.29, 1.82) is 0 Å². The van der Waals surface area contributed by atoms with Crippen molar-refractivity contribution in [3.8, 4) is 0 Å². The summed E-state index contributed by atoms with van der Waals surface area (Å²) in [5.41, 5.74) is 0. The van der Waals surface area contributed by atoms with Gasteiger partial charge in [0.05, 0.1) is 125 Å². The average Bonchev–Trinajstić information content (AvgIpc) is 3.14. The third-order valence-electron chi connectivity index (χ3n) is 8.49. The maximum atomic E-state index is 5.80. The van der Waals surface area contributed by atoms with Gasteiger partial charge in [-0.05, 0) is 32.4 Å². The highest BCUT2D eigenvalue weighted by Gasteiger charge is 2.12. The molecule has 1 heterocycles. The Morgan fingerprint density at radius 1 is 0.320 bits per heavy atom. The van der Waals surface area contributed by atoms with Crippen molar-refractivity contribution in [2.45, 2.75) is 116 Å². The van der Waals surface area contributed by atoms with Crippen LogP contribution in [0.5, 0.6) is 0 Å². The highest BCUT2D eigenvalue weighted by molar-refractivity contribution is 4.67. The van der Waals surface area contributed by atoms with Crippen molar-refractivity contribution in [3.63, 3.8) is 0 Å². The fourth-order valence-electron chi connectivity index (χ4n) is 5.50. The Kier molecular flexibility index (Phi) is 40.9. The average molecular weight is 722 g/mol. The molecule has 0 aromatic heterocycles. The maximum absolute atomic E-state index is 5.80. The second-order valence-corrected chi connectivity index (χ2v) is 12.9. The van der Waals surface area contributed by atoms with E-state index in [0.29, 0.717) is 125 Å². The van der Waals surface area contributed by atoms with E-state index in [-0.39, 0.29) is 0 Å². The zero-order valence-corrected chi connectivity index (χ0v) is 32.3. The van der Waals surface area contributed by atoms with E-state index in [9.17, 15) is 0 Å². The van der Waals surface area contributed by atoms with Crippen molar-refractivity contribution in [1.82, 2.24) is 5.32 Å². The largest absolute Gasteiger partial charge is 0.379 e. The Morgan fingerprint density at radius 2 is 0.580 bits per heavy atom. The molecule has 0 radical (unpaired) electrons. The smallest absolute Gasteiger partial charge is 0.0704 e. The molecule has 0 aromatic rings. The molecular weight excluding hydrogens is 642 g/mol. The van der Waals surface area contributed by atoms with E-state index in [1.807, 2.05) is 0 Å². The Morgan fingerprint density at radius 3 is 0.900 bits per heavy atom. The molecule has 1 saturated heterocycles. The normalized spacial score (nSPS) is 13.9. The van der Waals surface area contributed by atoms with Crippen molar-refractivity contribution < 1.29 is 47.4 Å². The summed E-state index contributed by atoms with van der Waals surface area (Å²) in [6, 6.07) is 0. The summed E-state index contributed by atoms with van der Waals surface area (Å²) in [5.74, 6) is 0. The van der Waals surface area contributed by atoms with E-state index in [1.54, 1.807) is 0 Å². The van der Waals surface area contributed by atoms with Gasteiger partial charge in [0.15, 0.2) is 0 Å². The number of nitrogens with one attached hydrogen (secondary N) is 1. The molecule has 1 aliphatic rings. The summed E-state index contributed by atoms with van der Waals surface area (Å²) < 4.78 is 55.7. The van der Waals surface area contributed by atoms with Crippen LogP contribution in [0.2, 0.25) is 0 Å². The first kappa shape index (κ1) is 47.6. The fraction of sp³-hybridized carbons (Fsp3) is 1.00. The van der Waals surface area contributed by atoms with Crippen LogP contribution >= 0.6 is 0 Å². The van der Waals surface area contributed by atoms with Gasteiger partial charge in [-0.25, -0.2) is 0 Å². The zero-order valence-electron chi connectivity index (χ0n) is 32.3. The summed E-state index contributed by atoms with van der Waals surface area (Å²) in [7, 11) is 0. The molecule has 11 nitrogen and oxygen atoms in total.